The van der Waals surface area contributed by atoms with Crippen LogP contribution in [0.4, 0.5) is 0 Å². The Hall–Kier alpha value is -0.680. The summed E-state index contributed by atoms with van der Waals surface area (Å²) in [6.45, 7) is 0. The standard InChI is InChI=1S/C13H18O3S2/c1-18(15,16)13-9-5-4-8-12(13)17(14)10-11-6-2-3-7-11/h4-5,8-9,11H,2-3,6-7,10H2,1H3. The maximum Gasteiger partial charge on any atom is 0.176 e. The highest BCUT2D eigenvalue weighted by atomic mass is 32.2. The molecule has 2 rings (SSSR count). The monoisotopic (exact) mass is 286 g/mol. The van der Waals surface area contributed by atoms with Gasteiger partial charge in [0.1, 0.15) is 0 Å². The fourth-order valence-corrected chi connectivity index (χ4v) is 5.38. The van der Waals surface area contributed by atoms with Crippen molar-refractivity contribution in [3.05, 3.63) is 24.3 Å². The van der Waals surface area contributed by atoms with E-state index in [0.29, 0.717) is 16.6 Å². The lowest BCUT2D eigenvalue weighted by molar-refractivity contribution is 0.595. The minimum atomic E-state index is -3.31. The van der Waals surface area contributed by atoms with Crippen molar-refractivity contribution in [2.24, 2.45) is 5.92 Å². The fraction of sp³-hybridized carbons (Fsp3) is 0.538. The van der Waals surface area contributed by atoms with Crippen LogP contribution in [0.5, 0.6) is 0 Å². The first-order valence-electron chi connectivity index (χ1n) is 6.16. The largest absolute Gasteiger partial charge is 0.254 e. The summed E-state index contributed by atoms with van der Waals surface area (Å²) in [5, 5.41) is 0. The molecule has 0 bridgehead atoms. The summed E-state index contributed by atoms with van der Waals surface area (Å²) in [6.07, 6.45) is 5.81. The van der Waals surface area contributed by atoms with Gasteiger partial charge < -0.3 is 0 Å². The molecule has 1 aromatic rings. The van der Waals surface area contributed by atoms with Crippen LogP contribution in [0.2, 0.25) is 0 Å². The molecular formula is C13H18O3S2. The van der Waals surface area contributed by atoms with Gasteiger partial charge in [0.05, 0.1) is 20.6 Å². The number of rotatable bonds is 4. The van der Waals surface area contributed by atoms with Gasteiger partial charge in [-0.25, -0.2) is 8.42 Å². The Morgan fingerprint density at radius 3 is 2.44 bits per heavy atom. The van der Waals surface area contributed by atoms with Crippen molar-refractivity contribution in [3.63, 3.8) is 0 Å². The van der Waals surface area contributed by atoms with E-state index in [0.717, 1.165) is 12.8 Å². The highest BCUT2D eigenvalue weighted by Gasteiger charge is 2.22. The third kappa shape index (κ3) is 3.20. The van der Waals surface area contributed by atoms with Gasteiger partial charge in [-0.3, -0.25) is 4.21 Å². The second-order valence-corrected chi connectivity index (χ2v) is 8.33. The lowest BCUT2D eigenvalue weighted by Gasteiger charge is -2.11. The summed E-state index contributed by atoms with van der Waals surface area (Å²) >= 11 is 0. The number of benzene rings is 1. The normalized spacial score (nSPS) is 18.9. The SMILES string of the molecule is CS(=O)(=O)c1ccccc1S(=O)CC1CCCC1. The quantitative estimate of drug-likeness (QED) is 0.854. The Balaban J connectivity index is 2.24. The molecule has 1 saturated carbocycles. The van der Waals surface area contributed by atoms with Gasteiger partial charge in [0, 0.05) is 12.0 Å². The Labute approximate surface area is 111 Å². The average Bonchev–Trinajstić information content (AvgIpc) is 2.80. The third-order valence-corrected chi connectivity index (χ3v) is 6.26. The Bertz CT molecular complexity index is 543. The van der Waals surface area contributed by atoms with E-state index in [1.807, 2.05) is 0 Å². The van der Waals surface area contributed by atoms with Gasteiger partial charge in [-0.15, -0.1) is 0 Å². The van der Waals surface area contributed by atoms with E-state index in [-0.39, 0.29) is 4.90 Å². The van der Waals surface area contributed by atoms with Gasteiger partial charge in [-0.1, -0.05) is 25.0 Å². The van der Waals surface area contributed by atoms with E-state index >= 15 is 0 Å². The van der Waals surface area contributed by atoms with Gasteiger partial charge in [-0.2, -0.15) is 0 Å². The Morgan fingerprint density at radius 1 is 1.22 bits per heavy atom. The van der Waals surface area contributed by atoms with E-state index in [4.69, 9.17) is 0 Å². The van der Waals surface area contributed by atoms with Crippen molar-refractivity contribution in [1.29, 1.82) is 0 Å². The van der Waals surface area contributed by atoms with Crippen LogP contribution in [-0.2, 0) is 20.6 Å². The minimum Gasteiger partial charge on any atom is -0.254 e. The third-order valence-electron chi connectivity index (χ3n) is 3.36. The summed E-state index contributed by atoms with van der Waals surface area (Å²) in [5.41, 5.74) is 0. The van der Waals surface area contributed by atoms with Crippen molar-refractivity contribution in [2.45, 2.75) is 35.5 Å². The number of hydrogen-bond donors (Lipinski definition) is 0. The fourth-order valence-electron chi connectivity index (χ4n) is 2.43. The Kier molecular flexibility index (Phi) is 4.22. The summed E-state index contributed by atoms with van der Waals surface area (Å²) in [4.78, 5) is 0.674. The topological polar surface area (TPSA) is 51.2 Å². The second-order valence-electron chi connectivity index (χ2n) is 4.88. The van der Waals surface area contributed by atoms with Crippen molar-refractivity contribution in [2.75, 3.05) is 12.0 Å². The number of sulfone groups is 1. The summed E-state index contributed by atoms with van der Waals surface area (Å²) in [7, 11) is -4.52. The summed E-state index contributed by atoms with van der Waals surface area (Å²) < 4.78 is 35.6. The van der Waals surface area contributed by atoms with Crippen LogP contribution in [0.3, 0.4) is 0 Å². The highest BCUT2D eigenvalue weighted by molar-refractivity contribution is 7.92. The van der Waals surface area contributed by atoms with Crippen LogP contribution >= 0.6 is 0 Å². The molecule has 0 saturated heterocycles. The molecule has 18 heavy (non-hydrogen) atoms. The first-order valence-corrected chi connectivity index (χ1v) is 9.37. The average molecular weight is 286 g/mol. The lowest BCUT2D eigenvalue weighted by Crippen LogP contribution is -2.11. The number of hydrogen-bond acceptors (Lipinski definition) is 3. The first-order chi connectivity index (χ1) is 8.48. The molecule has 3 nitrogen and oxygen atoms in total. The van der Waals surface area contributed by atoms with Crippen LogP contribution in [0.15, 0.2) is 34.1 Å². The highest BCUT2D eigenvalue weighted by Crippen LogP contribution is 2.28. The van der Waals surface area contributed by atoms with E-state index < -0.39 is 20.6 Å². The molecule has 1 aliphatic rings. The molecule has 0 heterocycles. The minimum absolute atomic E-state index is 0.210. The molecule has 100 valence electrons. The van der Waals surface area contributed by atoms with Gasteiger partial charge >= 0.3 is 0 Å². The molecule has 0 aliphatic heterocycles. The lowest BCUT2D eigenvalue weighted by atomic mass is 10.1. The van der Waals surface area contributed by atoms with Crippen molar-refractivity contribution < 1.29 is 12.6 Å². The second kappa shape index (κ2) is 5.53. The maximum atomic E-state index is 12.3. The molecule has 1 fully saturated rings. The van der Waals surface area contributed by atoms with Gasteiger partial charge in [0.15, 0.2) is 9.84 Å². The summed E-state index contributed by atoms with van der Waals surface area (Å²) in [6, 6.07) is 6.63. The van der Waals surface area contributed by atoms with Crippen LogP contribution in [0.25, 0.3) is 0 Å². The van der Waals surface area contributed by atoms with E-state index in [9.17, 15) is 12.6 Å². The zero-order valence-electron chi connectivity index (χ0n) is 10.5. The molecule has 0 N–H and O–H groups in total. The van der Waals surface area contributed by atoms with Crippen LogP contribution in [0, 0.1) is 5.92 Å². The predicted octanol–water partition coefficient (Wildman–Crippen LogP) is 2.39. The van der Waals surface area contributed by atoms with Crippen molar-refractivity contribution in [3.8, 4) is 0 Å². The molecular weight excluding hydrogens is 268 g/mol. The zero-order valence-corrected chi connectivity index (χ0v) is 12.1. The first kappa shape index (κ1) is 13.7. The van der Waals surface area contributed by atoms with Crippen molar-refractivity contribution >= 4 is 20.6 Å². The van der Waals surface area contributed by atoms with E-state index in [2.05, 4.69) is 0 Å². The van der Waals surface area contributed by atoms with Crippen LogP contribution in [-0.4, -0.2) is 24.6 Å². The van der Waals surface area contributed by atoms with Gasteiger partial charge in [0.25, 0.3) is 0 Å². The molecule has 1 unspecified atom stereocenters. The maximum absolute atomic E-state index is 12.3. The predicted molar refractivity (Wildman–Crippen MR) is 72.8 cm³/mol. The Morgan fingerprint density at radius 2 is 1.83 bits per heavy atom. The molecule has 0 radical (unpaired) electrons. The van der Waals surface area contributed by atoms with Gasteiger partial charge in [-0.05, 0) is 30.9 Å². The molecule has 0 spiro atoms. The molecule has 5 heteroatoms. The molecule has 1 aliphatic carbocycles. The molecule has 0 aromatic heterocycles. The summed E-state index contributed by atoms with van der Waals surface area (Å²) in [5.74, 6) is 1.07. The smallest absolute Gasteiger partial charge is 0.176 e. The van der Waals surface area contributed by atoms with E-state index in [1.165, 1.54) is 25.2 Å². The van der Waals surface area contributed by atoms with Gasteiger partial charge in [0.2, 0.25) is 0 Å². The molecule has 1 aromatic carbocycles. The van der Waals surface area contributed by atoms with Crippen molar-refractivity contribution in [1.82, 2.24) is 0 Å². The zero-order chi connectivity index (χ0) is 13.2. The molecule has 0 amide bonds. The van der Waals surface area contributed by atoms with Crippen LogP contribution < -0.4 is 0 Å². The molecule has 1 atom stereocenters. The van der Waals surface area contributed by atoms with E-state index in [1.54, 1.807) is 18.2 Å². The van der Waals surface area contributed by atoms with Crippen LogP contribution in [0.1, 0.15) is 25.7 Å².